The van der Waals surface area contributed by atoms with E-state index in [0.29, 0.717) is 5.84 Å². The van der Waals surface area contributed by atoms with Crippen molar-refractivity contribution in [1.29, 1.82) is 5.41 Å². The number of piperidine rings is 1. The Balaban J connectivity index is 3.05. The van der Waals surface area contributed by atoms with Crippen LogP contribution in [-0.4, -0.2) is 36.0 Å². The second-order valence-corrected chi connectivity index (χ2v) is 4.69. The lowest BCUT2D eigenvalue weighted by molar-refractivity contribution is -0.951. The van der Waals surface area contributed by atoms with Gasteiger partial charge in [0.15, 0.2) is 11.4 Å². The third-order valence-corrected chi connectivity index (χ3v) is 4.31. The number of likely N-dealkylation sites (tertiary alicyclic amines) is 1. The van der Waals surface area contributed by atoms with E-state index in [1.54, 1.807) is 0 Å². The minimum Gasteiger partial charge on any atom is -0.382 e. The maximum absolute atomic E-state index is 7.86. The van der Waals surface area contributed by atoms with E-state index in [4.69, 9.17) is 11.1 Å². The molecule has 0 aromatic rings. The standard InChI is InChI=1S/C11H24N3/c1-4-11(10(12)13)8-6-7-9-14(11,3)5-2/h4-9H2,1-3H3,(H3,12,13)/q+1. The van der Waals surface area contributed by atoms with Crippen LogP contribution in [0.5, 0.6) is 0 Å². The number of nitrogens with one attached hydrogen (secondary N) is 1. The predicted molar refractivity (Wildman–Crippen MR) is 60.4 cm³/mol. The summed E-state index contributed by atoms with van der Waals surface area (Å²) in [6.45, 7) is 6.62. The smallest absolute Gasteiger partial charge is 0.156 e. The molecule has 0 amide bonds. The number of hydrogen-bond donors (Lipinski definition) is 2. The lowest BCUT2D eigenvalue weighted by Gasteiger charge is -2.52. The maximum atomic E-state index is 7.86. The first-order valence-corrected chi connectivity index (χ1v) is 5.71. The quantitative estimate of drug-likeness (QED) is 0.405. The zero-order valence-corrected chi connectivity index (χ0v) is 9.77. The highest BCUT2D eigenvalue weighted by atomic mass is 15.4. The van der Waals surface area contributed by atoms with Crippen molar-refractivity contribution < 1.29 is 4.48 Å². The van der Waals surface area contributed by atoms with Crippen LogP contribution < -0.4 is 5.73 Å². The third kappa shape index (κ3) is 1.44. The Hall–Kier alpha value is -0.570. The highest BCUT2D eigenvalue weighted by Gasteiger charge is 2.50. The van der Waals surface area contributed by atoms with E-state index in [2.05, 4.69) is 20.9 Å². The number of quaternary nitrogens is 1. The molecule has 0 aromatic heterocycles. The van der Waals surface area contributed by atoms with Crippen molar-refractivity contribution in [2.45, 2.75) is 45.1 Å². The Bertz CT molecular complexity index is 227. The Morgan fingerprint density at radius 3 is 2.43 bits per heavy atom. The molecule has 0 aromatic carbocycles. The summed E-state index contributed by atoms with van der Waals surface area (Å²) in [4.78, 5) is 0. The second kappa shape index (κ2) is 3.89. The number of nitrogens with two attached hydrogens (primary N) is 1. The van der Waals surface area contributed by atoms with Crippen LogP contribution in [0.25, 0.3) is 0 Å². The van der Waals surface area contributed by atoms with E-state index in [0.717, 1.165) is 23.9 Å². The highest BCUT2D eigenvalue weighted by molar-refractivity contribution is 5.86. The number of nitrogens with zero attached hydrogens (tertiary/aromatic N) is 1. The highest BCUT2D eigenvalue weighted by Crippen LogP contribution is 2.36. The molecule has 1 rings (SSSR count). The first kappa shape index (κ1) is 11.5. The zero-order chi connectivity index (χ0) is 10.8. The van der Waals surface area contributed by atoms with Crippen LogP contribution in [0.15, 0.2) is 0 Å². The van der Waals surface area contributed by atoms with Gasteiger partial charge >= 0.3 is 0 Å². The molecular weight excluding hydrogens is 174 g/mol. The fourth-order valence-electron chi connectivity index (χ4n) is 3.00. The molecule has 3 N–H and O–H groups in total. The monoisotopic (exact) mass is 198 g/mol. The average Bonchev–Trinajstić information content (AvgIpc) is 2.18. The molecule has 1 aliphatic heterocycles. The van der Waals surface area contributed by atoms with Gasteiger partial charge in [-0.3, -0.25) is 5.41 Å². The van der Waals surface area contributed by atoms with Gasteiger partial charge in [-0.25, -0.2) is 0 Å². The summed E-state index contributed by atoms with van der Waals surface area (Å²) in [5.41, 5.74) is 5.76. The van der Waals surface area contributed by atoms with Gasteiger partial charge in [-0.2, -0.15) is 0 Å². The molecule has 0 bridgehead atoms. The molecule has 3 nitrogen and oxygen atoms in total. The molecule has 2 unspecified atom stereocenters. The lowest BCUT2D eigenvalue weighted by Crippen LogP contribution is -2.69. The molecule has 1 fully saturated rings. The summed E-state index contributed by atoms with van der Waals surface area (Å²) in [7, 11) is 2.25. The molecule has 0 aliphatic carbocycles. The molecule has 0 radical (unpaired) electrons. The van der Waals surface area contributed by atoms with Gasteiger partial charge in [0.05, 0.1) is 20.1 Å². The number of likely N-dealkylation sites (N-methyl/N-ethyl adjacent to an activating group) is 1. The fraction of sp³-hybridized carbons (Fsp3) is 0.909. The summed E-state index contributed by atoms with van der Waals surface area (Å²) < 4.78 is 0.957. The van der Waals surface area contributed by atoms with Crippen LogP contribution in [0.2, 0.25) is 0 Å². The van der Waals surface area contributed by atoms with E-state index >= 15 is 0 Å². The Labute approximate surface area is 87.4 Å². The molecule has 1 aliphatic rings. The largest absolute Gasteiger partial charge is 0.382 e. The molecule has 1 saturated heterocycles. The van der Waals surface area contributed by atoms with Crippen molar-refractivity contribution in [1.82, 2.24) is 0 Å². The second-order valence-electron chi connectivity index (χ2n) is 4.69. The van der Waals surface area contributed by atoms with E-state index in [1.165, 1.54) is 19.4 Å². The van der Waals surface area contributed by atoms with Gasteiger partial charge in [0, 0.05) is 12.8 Å². The van der Waals surface area contributed by atoms with Crippen LogP contribution >= 0.6 is 0 Å². The SMILES string of the molecule is CCC1(C(=N)N)CCCC[N+]1(C)CC. The van der Waals surface area contributed by atoms with Gasteiger partial charge in [0.2, 0.25) is 0 Å². The van der Waals surface area contributed by atoms with E-state index < -0.39 is 0 Å². The Morgan fingerprint density at radius 2 is 2.07 bits per heavy atom. The predicted octanol–water partition coefficient (Wildman–Crippen LogP) is 1.72. The molecule has 3 heteroatoms. The molecular formula is C11H24N3+. The zero-order valence-electron chi connectivity index (χ0n) is 9.77. The molecule has 2 atom stereocenters. The number of hydrogen-bond acceptors (Lipinski definition) is 1. The van der Waals surface area contributed by atoms with Gasteiger partial charge in [-0.15, -0.1) is 0 Å². The number of rotatable bonds is 3. The minimum atomic E-state index is -0.0764. The van der Waals surface area contributed by atoms with Crippen molar-refractivity contribution in [3.63, 3.8) is 0 Å². The van der Waals surface area contributed by atoms with Crippen molar-refractivity contribution in [3.05, 3.63) is 0 Å². The number of amidine groups is 1. The molecule has 1 heterocycles. The van der Waals surface area contributed by atoms with Crippen molar-refractivity contribution in [2.24, 2.45) is 5.73 Å². The van der Waals surface area contributed by atoms with E-state index in [-0.39, 0.29) is 5.54 Å². The maximum Gasteiger partial charge on any atom is 0.156 e. The first-order chi connectivity index (χ1) is 6.52. The topological polar surface area (TPSA) is 49.9 Å². The van der Waals surface area contributed by atoms with Crippen LogP contribution in [0.1, 0.15) is 39.5 Å². The molecule has 82 valence electrons. The fourth-order valence-corrected chi connectivity index (χ4v) is 3.00. The summed E-state index contributed by atoms with van der Waals surface area (Å²) in [5, 5.41) is 7.86. The van der Waals surface area contributed by atoms with Crippen molar-refractivity contribution in [3.8, 4) is 0 Å². The van der Waals surface area contributed by atoms with Crippen molar-refractivity contribution >= 4 is 5.84 Å². The van der Waals surface area contributed by atoms with Gasteiger partial charge < -0.3 is 10.2 Å². The molecule has 14 heavy (non-hydrogen) atoms. The van der Waals surface area contributed by atoms with Crippen LogP contribution in [0.4, 0.5) is 0 Å². The van der Waals surface area contributed by atoms with Crippen LogP contribution in [-0.2, 0) is 0 Å². The summed E-state index contributed by atoms with van der Waals surface area (Å²) in [6.07, 6.45) is 4.58. The van der Waals surface area contributed by atoms with Gasteiger partial charge in [-0.1, -0.05) is 6.92 Å². The molecule has 0 saturated carbocycles. The Kier molecular flexibility index (Phi) is 3.20. The minimum absolute atomic E-state index is 0.0764. The normalized spacial score (nSPS) is 38.2. The van der Waals surface area contributed by atoms with Gasteiger partial charge in [0.25, 0.3) is 0 Å². The van der Waals surface area contributed by atoms with Crippen LogP contribution in [0.3, 0.4) is 0 Å². The first-order valence-electron chi connectivity index (χ1n) is 5.71. The lowest BCUT2D eigenvalue weighted by atomic mass is 9.80. The molecule has 0 spiro atoms. The van der Waals surface area contributed by atoms with Gasteiger partial charge in [-0.05, 0) is 19.8 Å². The van der Waals surface area contributed by atoms with Crippen molar-refractivity contribution in [2.75, 3.05) is 20.1 Å². The van der Waals surface area contributed by atoms with E-state index in [1.807, 2.05) is 0 Å². The average molecular weight is 198 g/mol. The Morgan fingerprint density at radius 1 is 1.43 bits per heavy atom. The third-order valence-electron chi connectivity index (χ3n) is 4.31. The van der Waals surface area contributed by atoms with Gasteiger partial charge in [0.1, 0.15) is 0 Å². The summed E-state index contributed by atoms with van der Waals surface area (Å²) in [5.74, 6) is 0.393. The van der Waals surface area contributed by atoms with E-state index in [9.17, 15) is 0 Å². The summed E-state index contributed by atoms with van der Waals surface area (Å²) in [6, 6.07) is 0. The van der Waals surface area contributed by atoms with Crippen LogP contribution in [0, 0.1) is 5.41 Å². The summed E-state index contributed by atoms with van der Waals surface area (Å²) >= 11 is 0.